The highest BCUT2D eigenvalue weighted by Crippen LogP contribution is 2.20. The number of thiophene rings is 2. The van der Waals surface area contributed by atoms with Crippen LogP contribution in [-0.2, 0) is 17.9 Å². The van der Waals surface area contributed by atoms with E-state index >= 15 is 0 Å². The van der Waals surface area contributed by atoms with Gasteiger partial charge in [-0.25, -0.2) is 0 Å². The first-order chi connectivity index (χ1) is 9.33. The van der Waals surface area contributed by atoms with Gasteiger partial charge < -0.3 is 10.2 Å². The van der Waals surface area contributed by atoms with Crippen molar-refractivity contribution in [1.82, 2.24) is 10.2 Å². The van der Waals surface area contributed by atoms with Gasteiger partial charge in [-0.3, -0.25) is 4.79 Å². The fraction of sp³-hybridized carbons (Fsp3) is 0.357. The third-order valence-electron chi connectivity index (χ3n) is 3.30. The summed E-state index contributed by atoms with van der Waals surface area (Å²) in [6, 6.07) is 8.27. The molecule has 1 aliphatic rings. The standard InChI is InChI=1S/C14H16N2OS2.ClH/c17-14(11-7-15-8-11)16(9-12-3-1-5-18-12)10-13-4-2-6-19-13;/h1-6,11,15H,7-10H2;1H. The summed E-state index contributed by atoms with van der Waals surface area (Å²) in [6.07, 6.45) is 0. The summed E-state index contributed by atoms with van der Waals surface area (Å²) in [4.78, 5) is 17.0. The van der Waals surface area contributed by atoms with Crippen LogP contribution in [0.25, 0.3) is 0 Å². The number of nitrogens with one attached hydrogen (secondary N) is 1. The van der Waals surface area contributed by atoms with Gasteiger partial charge in [0.05, 0.1) is 19.0 Å². The Morgan fingerprint density at radius 3 is 2.05 bits per heavy atom. The number of halogens is 1. The van der Waals surface area contributed by atoms with Gasteiger partial charge in [-0.05, 0) is 22.9 Å². The lowest BCUT2D eigenvalue weighted by molar-refractivity contribution is -0.138. The molecular weight excluding hydrogens is 312 g/mol. The highest BCUT2D eigenvalue weighted by Gasteiger charge is 2.29. The molecule has 1 amide bonds. The van der Waals surface area contributed by atoms with Crippen LogP contribution in [0.4, 0.5) is 0 Å². The maximum Gasteiger partial charge on any atom is 0.228 e. The number of rotatable bonds is 5. The van der Waals surface area contributed by atoms with Crippen molar-refractivity contribution in [3.05, 3.63) is 44.8 Å². The second kappa shape index (κ2) is 7.22. The Hall–Kier alpha value is -0.880. The zero-order valence-corrected chi connectivity index (χ0v) is 13.4. The number of carbonyl (C=O) groups is 1. The SMILES string of the molecule is Cl.O=C(C1CNC1)N(Cc1cccs1)Cc1cccs1. The molecule has 2 aromatic rings. The van der Waals surface area contributed by atoms with E-state index in [0.717, 1.165) is 26.2 Å². The van der Waals surface area contributed by atoms with E-state index in [1.165, 1.54) is 9.75 Å². The predicted molar refractivity (Wildman–Crippen MR) is 86.5 cm³/mol. The van der Waals surface area contributed by atoms with Crippen molar-refractivity contribution in [3.63, 3.8) is 0 Å². The smallest absolute Gasteiger partial charge is 0.228 e. The molecule has 0 aliphatic carbocycles. The van der Waals surface area contributed by atoms with E-state index < -0.39 is 0 Å². The van der Waals surface area contributed by atoms with Gasteiger partial charge >= 0.3 is 0 Å². The predicted octanol–water partition coefficient (Wildman–Crippen LogP) is 2.98. The van der Waals surface area contributed by atoms with Crippen LogP contribution in [0, 0.1) is 5.92 Å². The van der Waals surface area contributed by atoms with Crippen LogP contribution >= 0.6 is 35.1 Å². The van der Waals surface area contributed by atoms with Crippen molar-refractivity contribution in [2.75, 3.05) is 13.1 Å². The van der Waals surface area contributed by atoms with Gasteiger partial charge in [0.1, 0.15) is 0 Å². The molecule has 0 radical (unpaired) electrons. The van der Waals surface area contributed by atoms with E-state index in [1.807, 2.05) is 17.0 Å². The molecule has 3 rings (SSSR count). The van der Waals surface area contributed by atoms with Gasteiger partial charge in [0.2, 0.25) is 5.91 Å². The van der Waals surface area contributed by atoms with Gasteiger partial charge in [0, 0.05) is 22.8 Å². The molecule has 2 aromatic heterocycles. The summed E-state index contributed by atoms with van der Waals surface area (Å²) < 4.78 is 0. The van der Waals surface area contributed by atoms with Crippen LogP contribution in [0.5, 0.6) is 0 Å². The second-order valence-corrected chi connectivity index (χ2v) is 6.77. The quantitative estimate of drug-likeness (QED) is 0.915. The largest absolute Gasteiger partial charge is 0.332 e. The Kier molecular flexibility index (Phi) is 5.60. The molecule has 108 valence electrons. The molecule has 0 atom stereocenters. The molecule has 20 heavy (non-hydrogen) atoms. The molecule has 1 saturated heterocycles. The maximum absolute atomic E-state index is 12.5. The van der Waals surface area contributed by atoms with E-state index in [-0.39, 0.29) is 24.2 Å². The van der Waals surface area contributed by atoms with Crippen LogP contribution < -0.4 is 5.32 Å². The molecule has 1 N–H and O–H groups in total. The first-order valence-electron chi connectivity index (χ1n) is 6.37. The summed E-state index contributed by atoms with van der Waals surface area (Å²) in [5, 5.41) is 7.30. The lowest BCUT2D eigenvalue weighted by atomic mass is 10.0. The Balaban J connectivity index is 0.00000147. The zero-order valence-electron chi connectivity index (χ0n) is 11.0. The minimum atomic E-state index is 0. The normalized spacial score (nSPS) is 14.4. The topological polar surface area (TPSA) is 32.3 Å². The van der Waals surface area contributed by atoms with Crippen LogP contribution in [0.15, 0.2) is 35.0 Å². The minimum absolute atomic E-state index is 0. The van der Waals surface area contributed by atoms with Gasteiger partial charge in [0.15, 0.2) is 0 Å². The number of carbonyl (C=O) groups excluding carboxylic acids is 1. The highest BCUT2D eigenvalue weighted by atomic mass is 35.5. The zero-order chi connectivity index (χ0) is 13.1. The fourth-order valence-corrected chi connectivity index (χ4v) is 3.55. The minimum Gasteiger partial charge on any atom is -0.332 e. The summed E-state index contributed by atoms with van der Waals surface area (Å²) in [5.41, 5.74) is 0. The van der Waals surface area contributed by atoms with E-state index in [9.17, 15) is 4.79 Å². The fourth-order valence-electron chi connectivity index (χ4n) is 2.11. The first kappa shape index (κ1) is 15.5. The van der Waals surface area contributed by atoms with Gasteiger partial charge in [0.25, 0.3) is 0 Å². The molecule has 0 unspecified atom stereocenters. The molecule has 3 nitrogen and oxygen atoms in total. The summed E-state index contributed by atoms with van der Waals surface area (Å²) in [6.45, 7) is 3.10. The molecule has 1 fully saturated rings. The Bertz CT molecular complexity index is 487. The Labute approximate surface area is 133 Å². The van der Waals surface area contributed by atoms with Crippen LogP contribution in [-0.4, -0.2) is 23.9 Å². The molecule has 1 aliphatic heterocycles. The van der Waals surface area contributed by atoms with Gasteiger partial charge in [-0.1, -0.05) is 12.1 Å². The lowest BCUT2D eigenvalue weighted by Crippen LogP contribution is -2.51. The van der Waals surface area contributed by atoms with Crippen LogP contribution in [0.3, 0.4) is 0 Å². The third-order valence-corrected chi connectivity index (χ3v) is 5.02. The molecule has 0 saturated carbocycles. The molecule has 0 aromatic carbocycles. The average molecular weight is 329 g/mol. The summed E-state index contributed by atoms with van der Waals surface area (Å²) in [7, 11) is 0. The van der Waals surface area contributed by atoms with Crippen molar-refractivity contribution in [2.45, 2.75) is 13.1 Å². The molecule has 3 heterocycles. The number of amides is 1. The third kappa shape index (κ3) is 3.61. The van der Waals surface area contributed by atoms with Crippen LogP contribution in [0.1, 0.15) is 9.75 Å². The van der Waals surface area contributed by atoms with Crippen molar-refractivity contribution >= 4 is 41.0 Å². The Morgan fingerprint density at radius 2 is 1.70 bits per heavy atom. The molecule has 0 bridgehead atoms. The first-order valence-corrected chi connectivity index (χ1v) is 8.13. The van der Waals surface area contributed by atoms with Crippen molar-refractivity contribution in [3.8, 4) is 0 Å². The summed E-state index contributed by atoms with van der Waals surface area (Å²) in [5.74, 6) is 0.445. The molecule has 0 spiro atoms. The van der Waals surface area contributed by atoms with E-state index in [2.05, 4.69) is 28.2 Å². The van der Waals surface area contributed by atoms with E-state index in [0.29, 0.717) is 0 Å². The molecule has 6 heteroatoms. The number of nitrogens with zero attached hydrogens (tertiary/aromatic N) is 1. The van der Waals surface area contributed by atoms with Gasteiger partial charge in [-0.2, -0.15) is 0 Å². The number of hydrogen-bond donors (Lipinski definition) is 1. The number of hydrogen-bond acceptors (Lipinski definition) is 4. The average Bonchev–Trinajstić information content (AvgIpc) is 2.98. The summed E-state index contributed by atoms with van der Waals surface area (Å²) >= 11 is 3.42. The van der Waals surface area contributed by atoms with Crippen molar-refractivity contribution in [2.24, 2.45) is 5.92 Å². The second-order valence-electron chi connectivity index (χ2n) is 4.71. The van der Waals surface area contributed by atoms with Crippen LogP contribution in [0.2, 0.25) is 0 Å². The van der Waals surface area contributed by atoms with Crippen molar-refractivity contribution in [1.29, 1.82) is 0 Å². The molecular formula is C14H17ClN2OS2. The van der Waals surface area contributed by atoms with Crippen molar-refractivity contribution < 1.29 is 4.79 Å². The van der Waals surface area contributed by atoms with E-state index in [1.54, 1.807) is 22.7 Å². The lowest BCUT2D eigenvalue weighted by Gasteiger charge is -2.32. The maximum atomic E-state index is 12.5. The van der Waals surface area contributed by atoms with E-state index in [4.69, 9.17) is 0 Å². The Morgan fingerprint density at radius 1 is 1.15 bits per heavy atom. The monoisotopic (exact) mass is 328 g/mol. The van der Waals surface area contributed by atoms with Gasteiger partial charge in [-0.15, -0.1) is 35.1 Å². The highest BCUT2D eigenvalue weighted by molar-refractivity contribution is 7.10.